The fraction of sp³-hybridized carbons (Fsp3) is 0. The third-order valence-corrected chi connectivity index (χ3v) is 1.32. The van der Waals surface area contributed by atoms with Crippen molar-refractivity contribution in [3.63, 3.8) is 0 Å². The van der Waals surface area contributed by atoms with Crippen LogP contribution in [-0.2, 0) is 0 Å². The van der Waals surface area contributed by atoms with Gasteiger partial charge in [-0.05, 0) is 34.7 Å². The van der Waals surface area contributed by atoms with E-state index in [0.29, 0.717) is 5.69 Å². The first kappa shape index (κ1) is 8.58. The Bertz CT molecular complexity index is 264. The largest absolute Gasteiger partial charge is 0.254 e. The van der Waals surface area contributed by atoms with Crippen LogP contribution in [0.25, 0.3) is 6.08 Å². The van der Waals surface area contributed by atoms with Gasteiger partial charge >= 0.3 is 0 Å². The maximum Gasteiger partial charge on any atom is 0.162 e. The standard InChI is InChI=1S/C7H4F2IN/c8-5-1-2-6(11-4-5)3-7(9)10/h1-4H/b7-3-. The lowest BCUT2D eigenvalue weighted by Crippen LogP contribution is -1.81. The summed E-state index contributed by atoms with van der Waals surface area (Å²) in [4.78, 5) is 3.62. The molecule has 11 heavy (non-hydrogen) atoms. The van der Waals surface area contributed by atoms with E-state index in [1.54, 1.807) is 0 Å². The number of nitrogens with zero attached hydrogens (tertiary/aromatic N) is 1. The maximum absolute atomic E-state index is 12.2. The smallest absolute Gasteiger partial charge is 0.162 e. The second-order valence-corrected chi connectivity index (χ2v) is 2.87. The molecular formula is C7H4F2IN. The van der Waals surface area contributed by atoms with Crippen LogP contribution < -0.4 is 0 Å². The Balaban J connectivity index is 2.91. The zero-order valence-electron chi connectivity index (χ0n) is 5.39. The molecule has 1 rings (SSSR count). The minimum Gasteiger partial charge on any atom is -0.254 e. The van der Waals surface area contributed by atoms with Crippen molar-refractivity contribution >= 4 is 28.7 Å². The SMILES string of the molecule is F/C(I)=C/c1ccc(F)cn1. The molecule has 0 spiro atoms. The highest BCUT2D eigenvalue weighted by molar-refractivity contribution is 14.1. The van der Waals surface area contributed by atoms with E-state index in [9.17, 15) is 8.78 Å². The number of pyridine rings is 1. The number of aromatic nitrogens is 1. The van der Waals surface area contributed by atoms with Crippen LogP contribution in [0.15, 0.2) is 22.2 Å². The van der Waals surface area contributed by atoms with Gasteiger partial charge in [0.05, 0.1) is 11.9 Å². The van der Waals surface area contributed by atoms with Gasteiger partial charge in [-0.3, -0.25) is 4.98 Å². The van der Waals surface area contributed by atoms with Crippen molar-refractivity contribution in [3.8, 4) is 0 Å². The van der Waals surface area contributed by atoms with Gasteiger partial charge in [-0.1, -0.05) is 0 Å². The topological polar surface area (TPSA) is 12.9 Å². The molecular weight excluding hydrogens is 263 g/mol. The Labute approximate surface area is 76.3 Å². The van der Waals surface area contributed by atoms with Crippen molar-refractivity contribution in [2.45, 2.75) is 0 Å². The Morgan fingerprint density at radius 1 is 1.55 bits per heavy atom. The summed E-state index contributed by atoms with van der Waals surface area (Å²) in [7, 11) is 0. The Morgan fingerprint density at radius 2 is 2.27 bits per heavy atom. The number of rotatable bonds is 1. The molecule has 0 bridgehead atoms. The van der Waals surface area contributed by atoms with Gasteiger partial charge in [0.1, 0.15) is 5.82 Å². The summed E-state index contributed by atoms with van der Waals surface area (Å²) in [6.45, 7) is 0. The van der Waals surface area contributed by atoms with Gasteiger partial charge in [0.2, 0.25) is 0 Å². The first-order valence-corrected chi connectivity index (χ1v) is 3.90. The van der Waals surface area contributed by atoms with E-state index in [1.165, 1.54) is 40.8 Å². The lowest BCUT2D eigenvalue weighted by molar-refractivity contribution is 0.621. The van der Waals surface area contributed by atoms with E-state index in [4.69, 9.17) is 0 Å². The van der Waals surface area contributed by atoms with Crippen LogP contribution in [0.4, 0.5) is 8.78 Å². The molecule has 0 fully saturated rings. The summed E-state index contributed by atoms with van der Waals surface area (Å²) in [5, 5.41) is 0. The van der Waals surface area contributed by atoms with E-state index in [-0.39, 0.29) is 3.83 Å². The summed E-state index contributed by atoms with van der Waals surface area (Å²) >= 11 is 1.52. The monoisotopic (exact) mass is 267 g/mol. The second kappa shape index (κ2) is 3.75. The highest BCUT2D eigenvalue weighted by Gasteiger charge is 1.92. The molecule has 0 aromatic carbocycles. The number of hydrogen-bond donors (Lipinski definition) is 0. The van der Waals surface area contributed by atoms with Crippen molar-refractivity contribution in [1.29, 1.82) is 0 Å². The molecule has 1 aromatic rings. The van der Waals surface area contributed by atoms with Crippen LogP contribution >= 0.6 is 22.6 Å². The molecule has 0 radical (unpaired) electrons. The molecule has 0 unspecified atom stereocenters. The molecule has 0 aliphatic carbocycles. The van der Waals surface area contributed by atoms with Gasteiger partial charge < -0.3 is 0 Å². The van der Waals surface area contributed by atoms with Crippen LogP contribution in [0, 0.1) is 5.82 Å². The fourth-order valence-electron chi connectivity index (χ4n) is 0.584. The van der Waals surface area contributed by atoms with Gasteiger partial charge in [-0.25, -0.2) is 4.39 Å². The molecule has 0 aliphatic rings. The van der Waals surface area contributed by atoms with Gasteiger partial charge in [0.25, 0.3) is 0 Å². The summed E-state index contributed by atoms with van der Waals surface area (Å²) in [6.07, 6.45) is 2.27. The molecule has 1 aromatic heterocycles. The molecule has 0 aliphatic heterocycles. The van der Waals surface area contributed by atoms with Crippen LogP contribution in [0.1, 0.15) is 5.69 Å². The normalized spacial score (nSPS) is 11.7. The van der Waals surface area contributed by atoms with Crippen LogP contribution in [0.2, 0.25) is 0 Å². The van der Waals surface area contributed by atoms with E-state index >= 15 is 0 Å². The van der Waals surface area contributed by atoms with Crippen molar-refractivity contribution in [3.05, 3.63) is 33.7 Å². The predicted octanol–water partition coefficient (Wildman–Crippen LogP) is 2.92. The minimum atomic E-state index is -0.420. The first-order chi connectivity index (χ1) is 5.18. The lowest BCUT2D eigenvalue weighted by Gasteiger charge is -1.90. The van der Waals surface area contributed by atoms with Crippen molar-refractivity contribution in [1.82, 2.24) is 4.98 Å². The Kier molecular flexibility index (Phi) is 2.92. The van der Waals surface area contributed by atoms with E-state index < -0.39 is 5.82 Å². The average Bonchev–Trinajstić information content (AvgIpc) is 1.93. The van der Waals surface area contributed by atoms with E-state index in [2.05, 4.69) is 4.98 Å². The third-order valence-electron chi connectivity index (χ3n) is 1.01. The minimum absolute atomic E-state index is 0.373. The number of halogens is 3. The molecule has 4 heteroatoms. The molecule has 0 saturated carbocycles. The molecule has 0 amide bonds. The van der Waals surface area contributed by atoms with E-state index in [1.807, 2.05) is 0 Å². The third kappa shape index (κ3) is 2.92. The Hall–Kier alpha value is -0.520. The molecule has 58 valence electrons. The molecule has 1 heterocycles. The first-order valence-electron chi connectivity index (χ1n) is 2.83. The van der Waals surface area contributed by atoms with Crippen molar-refractivity contribution in [2.75, 3.05) is 0 Å². The van der Waals surface area contributed by atoms with Gasteiger partial charge in [-0.15, -0.1) is 0 Å². The van der Waals surface area contributed by atoms with Crippen LogP contribution in [0.3, 0.4) is 0 Å². The lowest BCUT2D eigenvalue weighted by atomic mass is 10.3. The van der Waals surface area contributed by atoms with Gasteiger partial charge in [0.15, 0.2) is 3.83 Å². The zero-order chi connectivity index (χ0) is 8.27. The summed E-state index contributed by atoms with van der Waals surface area (Å²) < 4.78 is 24.1. The molecule has 0 N–H and O–H groups in total. The van der Waals surface area contributed by atoms with Crippen molar-refractivity contribution in [2.24, 2.45) is 0 Å². The molecule has 0 atom stereocenters. The van der Waals surface area contributed by atoms with E-state index in [0.717, 1.165) is 6.20 Å². The van der Waals surface area contributed by atoms with Crippen LogP contribution in [0.5, 0.6) is 0 Å². The van der Waals surface area contributed by atoms with Crippen LogP contribution in [-0.4, -0.2) is 4.98 Å². The van der Waals surface area contributed by atoms with Crippen molar-refractivity contribution < 1.29 is 8.78 Å². The molecule has 1 nitrogen and oxygen atoms in total. The zero-order valence-corrected chi connectivity index (χ0v) is 7.55. The summed E-state index contributed by atoms with van der Waals surface area (Å²) in [5.41, 5.74) is 0.415. The second-order valence-electron chi connectivity index (χ2n) is 1.84. The summed E-state index contributed by atoms with van der Waals surface area (Å²) in [6, 6.07) is 2.64. The molecule has 0 saturated heterocycles. The van der Waals surface area contributed by atoms with Gasteiger partial charge in [0, 0.05) is 6.08 Å². The maximum atomic E-state index is 12.2. The number of hydrogen-bond acceptors (Lipinski definition) is 1. The Morgan fingerprint density at radius 3 is 2.73 bits per heavy atom. The predicted molar refractivity (Wildman–Crippen MR) is 47.3 cm³/mol. The van der Waals surface area contributed by atoms with Gasteiger partial charge in [-0.2, -0.15) is 4.39 Å². The summed E-state index contributed by atoms with van der Waals surface area (Å²) in [5.74, 6) is -0.420. The highest BCUT2D eigenvalue weighted by Crippen LogP contribution is 2.11. The average molecular weight is 267 g/mol. The fourth-order valence-corrected chi connectivity index (χ4v) is 0.903. The quantitative estimate of drug-likeness (QED) is 0.713. The highest BCUT2D eigenvalue weighted by atomic mass is 127.